The third-order valence-electron chi connectivity index (χ3n) is 8.36. The molecule has 156 valence electrons. The van der Waals surface area contributed by atoms with Gasteiger partial charge in [-0.3, -0.25) is 9.80 Å². The molecule has 3 atom stereocenters. The average Bonchev–Trinajstić information content (AvgIpc) is 3.04. The quantitative estimate of drug-likeness (QED) is 0.789. The molecule has 27 heavy (non-hydrogen) atoms. The summed E-state index contributed by atoms with van der Waals surface area (Å²) in [4.78, 5) is 5.53. The maximum atomic E-state index is 3.94. The van der Waals surface area contributed by atoms with E-state index in [1.54, 1.807) is 0 Å². The van der Waals surface area contributed by atoms with Gasteiger partial charge < -0.3 is 10.6 Å². The van der Waals surface area contributed by atoms with Gasteiger partial charge in [-0.05, 0) is 65.2 Å². The molecule has 2 saturated carbocycles. The summed E-state index contributed by atoms with van der Waals surface area (Å²) in [6, 6.07) is 1.44. The van der Waals surface area contributed by atoms with Crippen LogP contribution in [0.2, 0.25) is 0 Å². The van der Waals surface area contributed by atoms with Crippen molar-refractivity contribution in [3.63, 3.8) is 0 Å². The first kappa shape index (κ1) is 20.1. The van der Waals surface area contributed by atoms with Crippen molar-refractivity contribution in [3.05, 3.63) is 0 Å². The zero-order valence-corrected chi connectivity index (χ0v) is 18.2. The molecule has 2 spiro atoms. The van der Waals surface area contributed by atoms with Gasteiger partial charge >= 0.3 is 0 Å². The van der Waals surface area contributed by atoms with Crippen LogP contribution in [-0.4, -0.2) is 72.2 Å². The van der Waals surface area contributed by atoms with Crippen LogP contribution in [0, 0.1) is 5.92 Å². The summed E-state index contributed by atoms with van der Waals surface area (Å²) in [5.74, 6) is 0.914. The van der Waals surface area contributed by atoms with E-state index >= 15 is 0 Å². The molecule has 0 aromatic carbocycles. The molecule has 0 radical (unpaired) electrons. The van der Waals surface area contributed by atoms with E-state index in [0.717, 1.165) is 12.0 Å². The lowest BCUT2D eigenvalue weighted by Crippen LogP contribution is -2.62. The molecule has 0 amide bonds. The van der Waals surface area contributed by atoms with Crippen molar-refractivity contribution in [1.29, 1.82) is 0 Å². The first-order valence-corrected chi connectivity index (χ1v) is 12.0. The predicted molar refractivity (Wildman–Crippen MR) is 114 cm³/mol. The van der Waals surface area contributed by atoms with Crippen molar-refractivity contribution < 1.29 is 0 Å². The summed E-state index contributed by atoms with van der Waals surface area (Å²) in [5, 5.41) is 7.86. The Labute approximate surface area is 167 Å². The first-order valence-electron chi connectivity index (χ1n) is 12.0. The Morgan fingerprint density at radius 3 is 2.26 bits per heavy atom. The van der Waals surface area contributed by atoms with Gasteiger partial charge in [0.05, 0.1) is 0 Å². The third kappa shape index (κ3) is 4.55. The van der Waals surface area contributed by atoms with Gasteiger partial charge in [0.15, 0.2) is 0 Å². The molecule has 0 aromatic heterocycles. The van der Waals surface area contributed by atoms with Gasteiger partial charge in [-0.15, -0.1) is 0 Å². The number of hydrogen-bond donors (Lipinski definition) is 2. The Bertz CT molecular complexity index is 481. The minimum Gasteiger partial charge on any atom is -0.309 e. The molecule has 2 N–H and O–H groups in total. The van der Waals surface area contributed by atoms with Crippen molar-refractivity contribution in [2.75, 3.05) is 39.3 Å². The van der Waals surface area contributed by atoms with Gasteiger partial charge in [-0.25, -0.2) is 0 Å². The maximum absolute atomic E-state index is 3.94. The summed E-state index contributed by atoms with van der Waals surface area (Å²) < 4.78 is 0. The monoisotopic (exact) mass is 376 g/mol. The Balaban J connectivity index is 1.30. The summed E-state index contributed by atoms with van der Waals surface area (Å²) in [7, 11) is 0. The fraction of sp³-hybridized carbons (Fsp3) is 1.00. The second-order valence-corrected chi connectivity index (χ2v) is 10.7. The predicted octanol–water partition coefficient (Wildman–Crippen LogP) is 3.23. The molecule has 4 heteroatoms. The van der Waals surface area contributed by atoms with Gasteiger partial charge in [0, 0.05) is 62.4 Å². The van der Waals surface area contributed by atoms with Crippen LogP contribution in [-0.2, 0) is 0 Å². The van der Waals surface area contributed by atoms with Crippen LogP contribution >= 0.6 is 0 Å². The fourth-order valence-corrected chi connectivity index (χ4v) is 6.73. The number of rotatable bonds is 4. The lowest BCUT2D eigenvalue weighted by atomic mass is 9.79. The molecule has 4 nitrogen and oxygen atoms in total. The molecule has 0 aromatic rings. The van der Waals surface area contributed by atoms with E-state index in [-0.39, 0.29) is 0 Å². The van der Waals surface area contributed by atoms with Crippen LogP contribution in [0.4, 0.5) is 0 Å². The zero-order valence-electron chi connectivity index (χ0n) is 18.2. The lowest BCUT2D eigenvalue weighted by molar-refractivity contribution is 0.0629. The third-order valence-corrected chi connectivity index (χ3v) is 8.36. The molecule has 0 bridgehead atoms. The molecular weight excluding hydrogens is 332 g/mol. The number of hydrogen-bond acceptors (Lipinski definition) is 4. The summed E-state index contributed by atoms with van der Waals surface area (Å²) in [6.45, 7) is 14.7. The van der Waals surface area contributed by atoms with Crippen LogP contribution in [0.25, 0.3) is 0 Å². The standard InChI is InChI=1S/C23H44N4/c1-19(2)26-13-11-25-23(18-26)10-7-21(16-23)15-20(3)27-14-12-24-22(17-27)8-5-4-6-9-22/h19-21,24-25H,4-18H2,1-3H3. The van der Waals surface area contributed by atoms with E-state index in [0.29, 0.717) is 17.1 Å². The molecule has 2 heterocycles. The second-order valence-electron chi connectivity index (χ2n) is 10.7. The van der Waals surface area contributed by atoms with E-state index in [9.17, 15) is 0 Å². The van der Waals surface area contributed by atoms with Crippen LogP contribution in [0.15, 0.2) is 0 Å². The van der Waals surface area contributed by atoms with Crippen LogP contribution in [0.5, 0.6) is 0 Å². The Morgan fingerprint density at radius 2 is 1.52 bits per heavy atom. The summed E-state index contributed by atoms with van der Waals surface area (Å²) in [6.07, 6.45) is 12.7. The van der Waals surface area contributed by atoms with Crippen molar-refractivity contribution in [2.45, 2.75) is 102 Å². The number of piperazine rings is 2. The molecular formula is C23H44N4. The molecule has 4 rings (SSSR count). The highest BCUT2D eigenvalue weighted by molar-refractivity contribution is 5.03. The normalized spacial score (nSPS) is 36.7. The van der Waals surface area contributed by atoms with E-state index in [2.05, 4.69) is 41.2 Å². The van der Waals surface area contributed by atoms with Crippen LogP contribution in [0.3, 0.4) is 0 Å². The minimum absolute atomic E-state index is 0.418. The van der Waals surface area contributed by atoms with Crippen LogP contribution in [0.1, 0.15) is 78.6 Å². The smallest absolute Gasteiger partial charge is 0.0312 e. The Kier molecular flexibility index (Phi) is 6.18. The van der Waals surface area contributed by atoms with E-state index < -0.39 is 0 Å². The van der Waals surface area contributed by atoms with Crippen molar-refractivity contribution in [1.82, 2.24) is 20.4 Å². The van der Waals surface area contributed by atoms with Crippen LogP contribution < -0.4 is 10.6 Å². The van der Waals surface area contributed by atoms with E-state index in [1.807, 2.05) is 0 Å². The maximum Gasteiger partial charge on any atom is 0.0312 e. The summed E-state index contributed by atoms with van der Waals surface area (Å²) >= 11 is 0. The second kappa shape index (κ2) is 8.30. The molecule has 2 aliphatic carbocycles. The highest BCUT2D eigenvalue weighted by Gasteiger charge is 2.43. The molecule has 4 fully saturated rings. The molecule has 4 aliphatic rings. The lowest BCUT2D eigenvalue weighted by Gasteiger charge is -2.48. The van der Waals surface area contributed by atoms with Gasteiger partial charge in [0.2, 0.25) is 0 Å². The Morgan fingerprint density at radius 1 is 0.852 bits per heavy atom. The molecule has 2 aliphatic heterocycles. The fourth-order valence-electron chi connectivity index (χ4n) is 6.73. The van der Waals surface area contributed by atoms with E-state index in [4.69, 9.17) is 0 Å². The highest BCUT2D eigenvalue weighted by atomic mass is 15.3. The minimum atomic E-state index is 0.418. The van der Waals surface area contributed by atoms with Gasteiger partial charge in [0.1, 0.15) is 0 Å². The first-order chi connectivity index (χ1) is 13.0. The van der Waals surface area contributed by atoms with Gasteiger partial charge in [-0.1, -0.05) is 19.3 Å². The summed E-state index contributed by atoms with van der Waals surface area (Å²) in [5.41, 5.74) is 0.866. The molecule has 2 saturated heterocycles. The van der Waals surface area contributed by atoms with E-state index in [1.165, 1.54) is 97.1 Å². The van der Waals surface area contributed by atoms with Crippen molar-refractivity contribution in [2.24, 2.45) is 5.92 Å². The Hall–Kier alpha value is -0.160. The average molecular weight is 377 g/mol. The molecule has 3 unspecified atom stereocenters. The number of nitrogens with one attached hydrogen (secondary N) is 2. The van der Waals surface area contributed by atoms with Gasteiger partial charge in [0.25, 0.3) is 0 Å². The SMILES string of the molecule is CC(C)N1CCNC2(CCC(CC(C)N3CCNC4(CCCCC4)C3)C2)C1. The topological polar surface area (TPSA) is 30.5 Å². The number of nitrogens with zero attached hydrogens (tertiary/aromatic N) is 2. The largest absolute Gasteiger partial charge is 0.309 e. The van der Waals surface area contributed by atoms with Crippen molar-refractivity contribution in [3.8, 4) is 0 Å². The van der Waals surface area contributed by atoms with Gasteiger partial charge in [-0.2, -0.15) is 0 Å². The highest BCUT2D eigenvalue weighted by Crippen LogP contribution is 2.40. The van der Waals surface area contributed by atoms with Crippen molar-refractivity contribution >= 4 is 0 Å². The zero-order chi connectivity index (χ0) is 18.9.